The average molecular weight is 495 g/mol. The lowest BCUT2D eigenvalue weighted by molar-refractivity contribution is 0.0781. The Morgan fingerprint density at radius 1 is 0.941 bits per heavy atom. The quantitative estimate of drug-likeness (QED) is 0.332. The van der Waals surface area contributed by atoms with Crippen molar-refractivity contribution in [1.29, 1.82) is 0 Å². The van der Waals surface area contributed by atoms with Crippen LogP contribution in [0.25, 0.3) is 0 Å². The lowest BCUT2D eigenvalue weighted by atomic mass is 9.89. The van der Waals surface area contributed by atoms with Gasteiger partial charge in [-0.3, -0.25) is 4.79 Å². The van der Waals surface area contributed by atoms with Gasteiger partial charge in [0.05, 0.1) is 10.0 Å². The molecule has 1 amide bonds. The van der Waals surface area contributed by atoms with Crippen molar-refractivity contribution in [3.05, 3.63) is 106 Å². The zero-order valence-corrected chi connectivity index (χ0v) is 21.2. The van der Waals surface area contributed by atoms with Gasteiger partial charge in [-0.15, -0.1) is 0 Å². The third-order valence-corrected chi connectivity index (χ3v) is 7.67. The van der Waals surface area contributed by atoms with E-state index in [1.807, 2.05) is 60.5 Å². The summed E-state index contributed by atoms with van der Waals surface area (Å²) in [7, 11) is 1.88. The van der Waals surface area contributed by atoms with Gasteiger partial charge in [-0.2, -0.15) is 0 Å². The normalized spacial score (nSPS) is 15.7. The predicted molar refractivity (Wildman–Crippen MR) is 142 cm³/mol. The zero-order valence-electron chi connectivity index (χ0n) is 19.7. The number of amides is 1. The van der Waals surface area contributed by atoms with Gasteiger partial charge >= 0.3 is 0 Å². The highest BCUT2D eigenvalue weighted by Crippen LogP contribution is 2.31. The number of halogens is 2. The summed E-state index contributed by atoms with van der Waals surface area (Å²) in [5.74, 6) is 0.867. The van der Waals surface area contributed by atoms with E-state index in [2.05, 4.69) is 35.2 Å². The molecule has 0 saturated carbocycles. The fourth-order valence-corrected chi connectivity index (χ4v) is 5.20. The van der Waals surface area contributed by atoms with E-state index in [0.717, 1.165) is 31.6 Å². The number of likely N-dealkylation sites (tertiary alicyclic amines) is 1. The summed E-state index contributed by atoms with van der Waals surface area (Å²) in [6, 6.07) is 26.2. The van der Waals surface area contributed by atoms with Crippen LogP contribution in [0.4, 0.5) is 0 Å². The summed E-state index contributed by atoms with van der Waals surface area (Å²) in [5.41, 5.74) is 3.29. The number of hydrogen-bond acceptors (Lipinski definition) is 2. The smallest absolute Gasteiger partial charge is 0.253 e. The van der Waals surface area contributed by atoms with Crippen LogP contribution in [-0.4, -0.2) is 48.9 Å². The van der Waals surface area contributed by atoms with Crippen molar-refractivity contribution in [2.45, 2.75) is 31.1 Å². The number of benzene rings is 3. The molecule has 3 aromatic carbocycles. The summed E-state index contributed by atoms with van der Waals surface area (Å²) < 4.78 is 0. The molecule has 3 aromatic rings. The zero-order chi connectivity index (χ0) is 23.9. The summed E-state index contributed by atoms with van der Waals surface area (Å²) >= 11 is 12.5. The molecule has 0 radical (unpaired) electrons. The van der Waals surface area contributed by atoms with Crippen molar-refractivity contribution < 1.29 is 4.79 Å². The minimum atomic E-state index is 0.0364. The van der Waals surface area contributed by atoms with Crippen LogP contribution in [0.15, 0.2) is 78.9 Å². The number of piperidine rings is 1. The molecule has 1 aliphatic rings. The largest absolute Gasteiger partial charge is 0.341 e. The second-order valence-corrected chi connectivity index (χ2v) is 10.1. The summed E-state index contributed by atoms with van der Waals surface area (Å²) in [6.07, 6.45) is 3.34. The summed E-state index contributed by atoms with van der Waals surface area (Å²) in [5, 5.41) is 1.12. The molecule has 1 unspecified atom stereocenters. The highest BCUT2D eigenvalue weighted by Gasteiger charge is 2.23. The van der Waals surface area contributed by atoms with Gasteiger partial charge < -0.3 is 9.80 Å². The Morgan fingerprint density at radius 3 is 2.24 bits per heavy atom. The molecule has 0 bridgehead atoms. The van der Waals surface area contributed by atoms with Gasteiger partial charge in [-0.25, -0.2) is 0 Å². The molecule has 178 valence electrons. The third-order valence-electron chi connectivity index (χ3n) is 6.93. The topological polar surface area (TPSA) is 23.6 Å². The fourth-order valence-electron chi connectivity index (χ4n) is 4.90. The van der Waals surface area contributed by atoms with E-state index in [-0.39, 0.29) is 11.8 Å². The Morgan fingerprint density at radius 2 is 1.59 bits per heavy atom. The molecular weight excluding hydrogens is 463 g/mol. The van der Waals surface area contributed by atoms with Gasteiger partial charge in [-0.05, 0) is 80.2 Å². The first-order valence-corrected chi connectivity index (χ1v) is 12.8. The number of likely N-dealkylation sites (N-methyl/N-ethyl adjacent to an activating group) is 1. The van der Waals surface area contributed by atoms with Crippen molar-refractivity contribution in [2.75, 3.05) is 33.2 Å². The highest BCUT2D eigenvalue weighted by molar-refractivity contribution is 6.42. The standard InChI is InChI=1S/C29H32Cl2N2O/c1-32(29(34)24-10-6-3-7-11-24)21-26(25-12-13-27(30)28(31)20-25)16-19-33-17-14-23(15-18-33)22-8-4-2-5-9-22/h2-13,20,23,26H,14-19,21H2,1H3. The highest BCUT2D eigenvalue weighted by atomic mass is 35.5. The molecule has 1 heterocycles. The van der Waals surface area contributed by atoms with E-state index < -0.39 is 0 Å². The summed E-state index contributed by atoms with van der Waals surface area (Å²) in [4.78, 5) is 17.4. The number of carbonyl (C=O) groups is 1. The second-order valence-electron chi connectivity index (χ2n) is 9.24. The third kappa shape index (κ3) is 6.41. The molecule has 0 aliphatic carbocycles. The summed E-state index contributed by atoms with van der Waals surface area (Å²) in [6.45, 7) is 3.84. The van der Waals surface area contributed by atoms with Gasteiger partial charge in [0.2, 0.25) is 0 Å². The molecule has 4 rings (SSSR count). The minimum Gasteiger partial charge on any atom is -0.341 e. The molecule has 0 spiro atoms. The van der Waals surface area contributed by atoms with Crippen molar-refractivity contribution in [2.24, 2.45) is 0 Å². The van der Waals surface area contributed by atoms with Crippen LogP contribution >= 0.6 is 23.2 Å². The lowest BCUT2D eigenvalue weighted by Crippen LogP contribution is -2.36. The van der Waals surface area contributed by atoms with E-state index in [1.165, 1.54) is 18.4 Å². The molecular formula is C29H32Cl2N2O. The maximum atomic E-state index is 13.0. The van der Waals surface area contributed by atoms with Gasteiger partial charge in [-0.1, -0.05) is 77.8 Å². The lowest BCUT2D eigenvalue weighted by Gasteiger charge is -2.34. The van der Waals surface area contributed by atoms with Crippen LogP contribution in [0.2, 0.25) is 10.0 Å². The van der Waals surface area contributed by atoms with Crippen LogP contribution in [0.3, 0.4) is 0 Å². The molecule has 5 heteroatoms. The predicted octanol–water partition coefficient (Wildman–Crippen LogP) is 7.12. The minimum absolute atomic E-state index is 0.0364. The molecule has 0 aromatic heterocycles. The van der Waals surface area contributed by atoms with Crippen LogP contribution in [0.5, 0.6) is 0 Å². The van der Waals surface area contributed by atoms with Crippen LogP contribution in [0, 0.1) is 0 Å². The van der Waals surface area contributed by atoms with Gasteiger partial charge in [0.1, 0.15) is 0 Å². The molecule has 1 aliphatic heterocycles. The monoisotopic (exact) mass is 494 g/mol. The Hall–Kier alpha value is -2.33. The molecule has 1 fully saturated rings. The molecule has 0 N–H and O–H groups in total. The maximum Gasteiger partial charge on any atom is 0.253 e. The van der Waals surface area contributed by atoms with E-state index in [9.17, 15) is 4.79 Å². The van der Waals surface area contributed by atoms with Crippen LogP contribution < -0.4 is 0 Å². The number of carbonyl (C=O) groups excluding carboxylic acids is 1. The molecule has 3 nitrogen and oxygen atoms in total. The molecule has 1 saturated heterocycles. The van der Waals surface area contributed by atoms with Crippen LogP contribution in [-0.2, 0) is 0 Å². The second kappa shape index (κ2) is 11.9. The molecule has 1 atom stereocenters. The van der Waals surface area contributed by atoms with Gasteiger partial charge in [0, 0.05) is 25.1 Å². The van der Waals surface area contributed by atoms with E-state index in [4.69, 9.17) is 23.2 Å². The first kappa shape index (κ1) is 24.8. The van der Waals surface area contributed by atoms with E-state index in [1.54, 1.807) is 0 Å². The van der Waals surface area contributed by atoms with E-state index >= 15 is 0 Å². The fraction of sp³-hybridized carbons (Fsp3) is 0.345. The first-order chi connectivity index (χ1) is 16.5. The van der Waals surface area contributed by atoms with Crippen molar-refractivity contribution in [3.63, 3.8) is 0 Å². The van der Waals surface area contributed by atoms with Gasteiger partial charge in [0.25, 0.3) is 5.91 Å². The Balaban J connectivity index is 1.40. The van der Waals surface area contributed by atoms with Crippen LogP contribution in [0.1, 0.15) is 52.6 Å². The maximum absolute atomic E-state index is 13.0. The van der Waals surface area contributed by atoms with E-state index in [0.29, 0.717) is 28.1 Å². The first-order valence-electron chi connectivity index (χ1n) is 12.0. The van der Waals surface area contributed by atoms with Crippen molar-refractivity contribution in [1.82, 2.24) is 9.80 Å². The SMILES string of the molecule is CN(CC(CCN1CCC(c2ccccc2)CC1)c1ccc(Cl)c(Cl)c1)C(=O)c1ccccc1. The number of rotatable bonds is 8. The Kier molecular flexibility index (Phi) is 8.66. The number of hydrogen-bond donors (Lipinski definition) is 0. The van der Waals surface area contributed by atoms with Crippen molar-refractivity contribution >= 4 is 29.1 Å². The molecule has 34 heavy (non-hydrogen) atoms. The Bertz CT molecular complexity index is 1070. The Labute approximate surface area is 213 Å². The average Bonchev–Trinajstić information content (AvgIpc) is 2.89. The number of nitrogens with zero attached hydrogens (tertiary/aromatic N) is 2. The van der Waals surface area contributed by atoms with Gasteiger partial charge in [0.15, 0.2) is 0 Å². The van der Waals surface area contributed by atoms with Crippen molar-refractivity contribution in [3.8, 4) is 0 Å².